The molecule has 1 aromatic carbocycles. The molecule has 0 fully saturated rings. The Kier molecular flexibility index (Phi) is 5.09. The summed E-state index contributed by atoms with van der Waals surface area (Å²) in [5.41, 5.74) is 1.74. The highest BCUT2D eigenvalue weighted by Gasteiger charge is 2.08. The largest absolute Gasteiger partial charge is 0.392 e. The van der Waals surface area contributed by atoms with Gasteiger partial charge in [0.05, 0.1) is 17.3 Å². The lowest BCUT2D eigenvalue weighted by molar-refractivity contribution is 0.282. The third-order valence-electron chi connectivity index (χ3n) is 2.23. The van der Waals surface area contributed by atoms with Crippen LogP contribution in [-0.4, -0.2) is 18.2 Å². The van der Waals surface area contributed by atoms with Crippen LogP contribution in [0.1, 0.15) is 5.56 Å². The van der Waals surface area contributed by atoms with E-state index in [-0.39, 0.29) is 6.61 Å². The Bertz CT molecular complexity index is 366. The first-order valence-electron chi connectivity index (χ1n) is 5.09. The van der Waals surface area contributed by atoms with Crippen LogP contribution < -0.4 is 4.90 Å². The molecule has 0 spiro atoms. The highest BCUT2D eigenvalue weighted by atomic mass is 35.5. The van der Waals surface area contributed by atoms with Gasteiger partial charge in [0.1, 0.15) is 0 Å². The van der Waals surface area contributed by atoms with E-state index in [9.17, 15) is 0 Å². The molecule has 0 heterocycles. The molecule has 0 saturated heterocycles. The van der Waals surface area contributed by atoms with Crippen molar-refractivity contribution in [3.8, 4) is 0 Å². The number of rotatable bonds is 6. The topological polar surface area (TPSA) is 23.5 Å². The fourth-order valence-electron chi connectivity index (χ4n) is 1.49. The first-order valence-corrected chi connectivity index (χ1v) is 5.46. The minimum absolute atomic E-state index is 0.00289. The van der Waals surface area contributed by atoms with E-state index >= 15 is 0 Å². The van der Waals surface area contributed by atoms with Crippen LogP contribution in [0.5, 0.6) is 0 Å². The van der Waals surface area contributed by atoms with Gasteiger partial charge in [-0.2, -0.15) is 0 Å². The van der Waals surface area contributed by atoms with E-state index in [1.165, 1.54) is 0 Å². The predicted molar refractivity (Wildman–Crippen MR) is 70.0 cm³/mol. The van der Waals surface area contributed by atoms with Crippen molar-refractivity contribution < 1.29 is 5.11 Å². The van der Waals surface area contributed by atoms with Gasteiger partial charge in [0.25, 0.3) is 0 Å². The van der Waals surface area contributed by atoms with Gasteiger partial charge < -0.3 is 10.0 Å². The van der Waals surface area contributed by atoms with E-state index in [0.717, 1.165) is 11.3 Å². The summed E-state index contributed by atoms with van der Waals surface area (Å²) in [6.45, 7) is 8.85. The molecule has 0 aliphatic rings. The minimum Gasteiger partial charge on any atom is -0.392 e. The maximum Gasteiger partial charge on any atom is 0.0682 e. The molecule has 2 nitrogen and oxygen atoms in total. The van der Waals surface area contributed by atoms with E-state index in [4.69, 9.17) is 16.7 Å². The first-order chi connectivity index (χ1) is 7.72. The van der Waals surface area contributed by atoms with Crippen molar-refractivity contribution in [1.82, 2.24) is 0 Å². The molecule has 1 N–H and O–H groups in total. The van der Waals surface area contributed by atoms with Gasteiger partial charge in [-0.3, -0.25) is 0 Å². The second kappa shape index (κ2) is 6.36. The van der Waals surface area contributed by atoms with E-state index in [2.05, 4.69) is 18.1 Å². The van der Waals surface area contributed by atoms with Gasteiger partial charge in [0.15, 0.2) is 0 Å². The number of aliphatic hydroxyl groups excluding tert-OH is 1. The van der Waals surface area contributed by atoms with Crippen molar-refractivity contribution >= 4 is 17.3 Å². The van der Waals surface area contributed by atoms with E-state index < -0.39 is 0 Å². The lowest BCUT2D eigenvalue weighted by atomic mass is 10.2. The zero-order valence-corrected chi connectivity index (χ0v) is 9.95. The summed E-state index contributed by atoms with van der Waals surface area (Å²) in [6, 6.07) is 5.54. The molecule has 0 aromatic heterocycles. The van der Waals surface area contributed by atoms with Crippen LogP contribution in [0.2, 0.25) is 5.02 Å². The Labute approximate surface area is 101 Å². The molecule has 0 saturated carbocycles. The first kappa shape index (κ1) is 12.8. The molecule has 0 amide bonds. The highest BCUT2D eigenvalue weighted by Crippen LogP contribution is 2.26. The summed E-state index contributed by atoms with van der Waals surface area (Å²) in [7, 11) is 0. The van der Waals surface area contributed by atoms with Gasteiger partial charge in [0, 0.05) is 13.1 Å². The van der Waals surface area contributed by atoms with E-state index in [1.807, 2.05) is 24.3 Å². The number of aliphatic hydroxyl groups is 1. The number of halogens is 1. The van der Waals surface area contributed by atoms with Crippen molar-refractivity contribution in [1.29, 1.82) is 0 Å². The van der Waals surface area contributed by atoms with Gasteiger partial charge >= 0.3 is 0 Å². The average Bonchev–Trinajstić information content (AvgIpc) is 2.29. The Balaban J connectivity index is 2.99. The van der Waals surface area contributed by atoms with Crippen LogP contribution >= 0.6 is 11.6 Å². The zero-order chi connectivity index (χ0) is 12.0. The van der Waals surface area contributed by atoms with Crippen LogP contribution in [-0.2, 0) is 6.61 Å². The fourth-order valence-corrected chi connectivity index (χ4v) is 1.81. The summed E-state index contributed by atoms with van der Waals surface area (Å²) >= 11 is 6.15. The van der Waals surface area contributed by atoms with Crippen LogP contribution in [0, 0.1) is 0 Å². The number of hydrogen-bond acceptors (Lipinski definition) is 2. The Hall–Kier alpha value is -1.25. The van der Waals surface area contributed by atoms with Gasteiger partial charge in [-0.25, -0.2) is 0 Å². The maximum absolute atomic E-state index is 8.99. The lowest BCUT2D eigenvalue weighted by Gasteiger charge is -2.23. The van der Waals surface area contributed by atoms with Crippen LogP contribution in [0.25, 0.3) is 0 Å². The van der Waals surface area contributed by atoms with Gasteiger partial charge in [-0.1, -0.05) is 29.8 Å². The molecule has 0 aliphatic carbocycles. The molecule has 0 unspecified atom stereocenters. The van der Waals surface area contributed by atoms with Gasteiger partial charge in [0.2, 0.25) is 0 Å². The molecule has 3 heteroatoms. The predicted octanol–water partition coefficient (Wildman–Crippen LogP) is 3.01. The molecule has 16 heavy (non-hydrogen) atoms. The van der Waals surface area contributed by atoms with E-state index in [0.29, 0.717) is 18.1 Å². The van der Waals surface area contributed by atoms with Crippen molar-refractivity contribution in [2.24, 2.45) is 0 Å². The Morgan fingerprint density at radius 3 is 2.31 bits per heavy atom. The normalized spacial score (nSPS) is 9.88. The summed E-state index contributed by atoms with van der Waals surface area (Å²) in [5, 5.41) is 9.63. The molecule has 0 atom stereocenters. The van der Waals surface area contributed by atoms with Crippen molar-refractivity contribution in [3.05, 3.63) is 54.1 Å². The molecule has 0 radical (unpaired) electrons. The third-order valence-corrected chi connectivity index (χ3v) is 2.54. The minimum atomic E-state index is 0.00289. The monoisotopic (exact) mass is 237 g/mol. The zero-order valence-electron chi connectivity index (χ0n) is 9.19. The van der Waals surface area contributed by atoms with Crippen LogP contribution in [0.4, 0.5) is 5.69 Å². The smallest absolute Gasteiger partial charge is 0.0682 e. The molecule has 0 aliphatic heterocycles. The van der Waals surface area contributed by atoms with Crippen LogP contribution in [0.15, 0.2) is 43.5 Å². The number of benzene rings is 1. The SMILES string of the molecule is C=CCN(CC=C)c1ccc(CO)cc1Cl. The highest BCUT2D eigenvalue weighted by molar-refractivity contribution is 6.33. The fraction of sp³-hybridized carbons (Fsp3) is 0.231. The second-order valence-electron chi connectivity index (χ2n) is 3.43. The Morgan fingerprint density at radius 1 is 1.25 bits per heavy atom. The molecule has 0 bridgehead atoms. The maximum atomic E-state index is 8.99. The molecular weight excluding hydrogens is 222 g/mol. The lowest BCUT2D eigenvalue weighted by Crippen LogP contribution is -2.23. The van der Waals surface area contributed by atoms with Gasteiger partial charge in [-0.15, -0.1) is 13.2 Å². The van der Waals surface area contributed by atoms with Gasteiger partial charge in [-0.05, 0) is 17.7 Å². The molecule has 86 valence electrons. The Morgan fingerprint density at radius 2 is 1.88 bits per heavy atom. The summed E-state index contributed by atoms with van der Waals surface area (Å²) < 4.78 is 0. The summed E-state index contributed by atoms with van der Waals surface area (Å²) in [6.07, 6.45) is 3.64. The van der Waals surface area contributed by atoms with Crippen molar-refractivity contribution in [2.45, 2.75) is 6.61 Å². The second-order valence-corrected chi connectivity index (χ2v) is 3.83. The quantitative estimate of drug-likeness (QED) is 0.769. The number of nitrogens with zero attached hydrogens (tertiary/aromatic N) is 1. The third kappa shape index (κ3) is 3.12. The average molecular weight is 238 g/mol. The molecular formula is C13H16ClNO. The number of anilines is 1. The summed E-state index contributed by atoms with van der Waals surface area (Å²) in [5.74, 6) is 0. The molecule has 1 rings (SSSR count). The number of hydrogen-bond donors (Lipinski definition) is 1. The summed E-state index contributed by atoms with van der Waals surface area (Å²) in [4.78, 5) is 2.06. The van der Waals surface area contributed by atoms with Crippen LogP contribution in [0.3, 0.4) is 0 Å². The van der Waals surface area contributed by atoms with Crippen molar-refractivity contribution in [2.75, 3.05) is 18.0 Å². The molecule has 1 aromatic rings. The standard InChI is InChI=1S/C13H16ClNO/c1-3-7-15(8-4-2)13-6-5-11(10-16)9-12(13)14/h3-6,9,16H,1-2,7-8,10H2. The van der Waals surface area contributed by atoms with E-state index in [1.54, 1.807) is 6.07 Å². The van der Waals surface area contributed by atoms with Crippen molar-refractivity contribution in [3.63, 3.8) is 0 Å².